The van der Waals surface area contributed by atoms with Crippen LogP contribution in [0.3, 0.4) is 0 Å². The summed E-state index contributed by atoms with van der Waals surface area (Å²) in [5.41, 5.74) is 7.31. The lowest BCUT2D eigenvalue weighted by Crippen LogP contribution is -2.38. The number of nitrogens with zero attached hydrogens (tertiary/aromatic N) is 5. The molecular weight excluding hydrogens is 551 g/mol. The fourth-order valence-electron chi connectivity index (χ4n) is 4.97. The van der Waals surface area contributed by atoms with E-state index in [4.69, 9.17) is 15.5 Å². The number of nitrogens with one attached hydrogen (secondary N) is 1. The Labute approximate surface area is 239 Å². The number of fused-ring (bicyclic) bond motifs is 1. The maximum atomic E-state index is 13.0. The number of benzene rings is 1. The van der Waals surface area contributed by atoms with Gasteiger partial charge in [0.15, 0.2) is 0 Å². The molecule has 0 aliphatic carbocycles. The predicted molar refractivity (Wildman–Crippen MR) is 149 cm³/mol. The fourth-order valence-corrected chi connectivity index (χ4v) is 4.97. The van der Waals surface area contributed by atoms with Crippen molar-refractivity contribution in [3.05, 3.63) is 84.1 Å². The number of alkyl halides is 3. The highest BCUT2D eigenvalue weighted by Gasteiger charge is 2.32. The van der Waals surface area contributed by atoms with Gasteiger partial charge in [0.25, 0.3) is 5.91 Å². The summed E-state index contributed by atoms with van der Waals surface area (Å²) in [6.45, 7) is 0.906. The highest BCUT2D eigenvalue weighted by molar-refractivity contribution is 6.04. The van der Waals surface area contributed by atoms with Crippen molar-refractivity contribution in [3.63, 3.8) is 0 Å². The van der Waals surface area contributed by atoms with Crippen molar-refractivity contribution >= 4 is 29.0 Å². The molecule has 0 bridgehead atoms. The number of aromatic nitrogens is 4. The number of amides is 2. The summed E-state index contributed by atoms with van der Waals surface area (Å²) in [6.07, 6.45) is 5.44. The number of methoxy groups -OCH3 is 1. The van der Waals surface area contributed by atoms with E-state index < -0.39 is 17.6 Å². The van der Waals surface area contributed by atoms with Crippen LogP contribution in [0.1, 0.15) is 47.1 Å². The molecule has 13 heteroatoms. The van der Waals surface area contributed by atoms with E-state index in [2.05, 4.69) is 15.3 Å². The second-order valence-corrected chi connectivity index (χ2v) is 9.71. The number of nitrogen functional groups attached to an aromatic ring is 1. The molecule has 1 aliphatic heterocycles. The predicted octanol–water partition coefficient (Wildman–Crippen LogP) is 4.90. The van der Waals surface area contributed by atoms with Crippen LogP contribution in [0.25, 0.3) is 16.8 Å². The first-order valence-electron chi connectivity index (χ1n) is 13.2. The van der Waals surface area contributed by atoms with E-state index in [1.54, 1.807) is 42.6 Å². The molecule has 4 aromatic rings. The third-order valence-electron chi connectivity index (χ3n) is 6.97. The van der Waals surface area contributed by atoms with Gasteiger partial charge in [0, 0.05) is 49.4 Å². The Kier molecular flexibility index (Phi) is 8.20. The minimum Gasteiger partial charge on any atom is -0.382 e. The lowest BCUT2D eigenvalue weighted by Gasteiger charge is -2.34. The Morgan fingerprint density at radius 2 is 1.93 bits per heavy atom. The third-order valence-corrected chi connectivity index (χ3v) is 6.97. The van der Waals surface area contributed by atoms with E-state index in [9.17, 15) is 22.8 Å². The van der Waals surface area contributed by atoms with Crippen LogP contribution in [0.4, 0.5) is 24.8 Å². The van der Waals surface area contributed by atoms with E-state index in [1.807, 2.05) is 4.40 Å². The number of carbonyl (C=O) groups is 2. The number of likely N-dealkylation sites (tertiary alicyclic amines) is 1. The van der Waals surface area contributed by atoms with Gasteiger partial charge in [0.1, 0.15) is 28.7 Å². The van der Waals surface area contributed by atoms with Gasteiger partial charge in [-0.05, 0) is 43.5 Å². The average molecular weight is 580 g/mol. The van der Waals surface area contributed by atoms with Crippen molar-refractivity contribution < 1.29 is 27.5 Å². The Morgan fingerprint density at radius 1 is 1.14 bits per heavy atom. The summed E-state index contributed by atoms with van der Waals surface area (Å²) in [5.74, 6) is -0.0891. The van der Waals surface area contributed by atoms with Crippen LogP contribution in [0.2, 0.25) is 0 Å². The van der Waals surface area contributed by atoms with Crippen molar-refractivity contribution in [3.8, 4) is 11.3 Å². The van der Waals surface area contributed by atoms with Gasteiger partial charge in [0.05, 0.1) is 18.2 Å². The number of halogens is 3. The quantitative estimate of drug-likeness (QED) is 0.298. The monoisotopic (exact) mass is 579 g/mol. The van der Waals surface area contributed by atoms with Gasteiger partial charge in [-0.1, -0.05) is 18.2 Å². The van der Waals surface area contributed by atoms with Gasteiger partial charge in [-0.15, -0.1) is 0 Å². The van der Waals surface area contributed by atoms with E-state index >= 15 is 0 Å². The summed E-state index contributed by atoms with van der Waals surface area (Å²) < 4.78 is 45.9. The third kappa shape index (κ3) is 5.96. The van der Waals surface area contributed by atoms with Crippen molar-refractivity contribution in [2.45, 2.75) is 31.5 Å². The van der Waals surface area contributed by atoms with Crippen LogP contribution in [-0.2, 0) is 15.7 Å². The van der Waals surface area contributed by atoms with Crippen molar-refractivity contribution in [2.24, 2.45) is 0 Å². The Morgan fingerprint density at radius 3 is 2.67 bits per heavy atom. The zero-order valence-electron chi connectivity index (χ0n) is 22.6. The van der Waals surface area contributed by atoms with Crippen LogP contribution < -0.4 is 11.1 Å². The molecule has 1 saturated heterocycles. The van der Waals surface area contributed by atoms with Crippen molar-refractivity contribution in [2.75, 3.05) is 31.3 Å². The van der Waals surface area contributed by atoms with Crippen molar-refractivity contribution in [1.82, 2.24) is 24.3 Å². The number of piperidine rings is 1. The molecule has 5 rings (SSSR count). The fraction of sp³-hybridized carbons (Fsp3) is 0.276. The molecular formula is C29H28F3N7O3. The van der Waals surface area contributed by atoms with Crippen LogP contribution in [0.15, 0.2) is 67.1 Å². The van der Waals surface area contributed by atoms with E-state index in [1.165, 1.54) is 18.2 Å². The summed E-state index contributed by atoms with van der Waals surface area (Å²) in [7, 11) is 1.56. The molecule has 1 aromatic carbocycles. The van der Waals surface area contributed by atoms with Crippen molar-refractivity contribution in [1.29, 1.82) is 0 Å². The maximum absolute atomic E-state index is 13.0. The number of hydrogen-bond acceptors (Lipinski definition) is 7. The van der Waals surface area contributed by atoms with E-state index in [-0.39, 0.29) is 29.1 Å². The Bertz CT molecular complexity index is 1630. The zero-order chi connectivity index (χ0) is 29.9. The van der Waals surface area contributed by atoms with E-state index in [0.717, 1.165) is 31.2 Å². The maximum Gasteiger partial charge on any atom is 0.416 e. The number of pyridine rings is 1. The molecule has 1 unspecified atom stereocenters. The first-order chi connectivity index (χ1) is 20.2. The Balaban J connectivity index is 1.45. The normalized spacial score (nSPS) is 15.8. The molecule has 42 heavy (non-hydrogen) atoms. The standard InChI is InChI=1S/C29H28F3N7O3/c1-42-16-4-6-23(40)38-14-3-2-5-21(38)27-37-24(25-26(33)35-13-15-39(25)27)18-7-9-19(10-8-18)28(41)36-22-17-20(11-12-34-22)29(30,31)32/h4,6-13,15,17,21H,2-3,5,14,16H2,1H3,(H2,33,35)(H,34,36,41)/b6-4+. The molecule has 0 radical (unpaired) electrons. The van der Waals surface area contributed by atoms with Crippen LogP contribution in [-0.4, -0.2) is 56.3 Å². The SMILES string of the molecule is COC/C=C/C(=O)N1CCCCC1c1nc(-c2ccc(C(=O)Nc3cc(C(F)(F)F)ccn3)cc2)c2c(N)nccn12. The first-order valence-corrected chi connectivity index (χ1v) is 13.2. The average Bonchev–Trinajstić information content (AvgIpc) is 3.38. The topological polar surface area (TPSA) is 128 Å². The van der Waals surface area contributed by atoms with E-state index in [0.29, 0.717) is 42.2 Å². The molecule has 3 aromatic heterocycles. The van der Waals surface area contributed by atoms with Crippen LogP contribution in [0.5, 0.6) is 0 Å². The molecule has 10 nitrogen and oxygen atoms in total. The number of rotatable bonds is 7. The second-order valence-electron chi connectivity index (χ2n) is 9.71. The lowest BCUT2D eigenvalue weighted by molar-refractivity contribution is -0.137. The van der Waals surface area contributed by atoms with Crippen LogP contribution in [0, 0.1) is 0 Å². The van der Waals surface area contributed by atoms with Gasteiger partial charge in [-0.3, -0.25) is 14.0 Å². The molecule has 1 fully saturated rings. The lowest BCUT2D eigenvalue weighted by atomic mass is 10.0. The number of nitrogens with two attached hydrogens (primary N) is 1. The van der Waals surface area contributed by atoms with Gasteiger partial charge in [-0.25, -0.2) is 15.0 Å². The number of anilines is 2. The van der Waals surface area contributed by atoms with Crippen LogP contribution >= 0.6 is 0 Å². The molecule has 0 saturated carbocycles. The van der Waals surface area contributed by atoms with Gasteiger partial charge in [-0.2, -0.15) is 13.2 Å². The summed E-state index contributed by atoms with van der Waals surface area (Å²) in [6, 6.07) is 7.71. The molecule has 3 N–H and O–H groups in total. The summed E-state index contributed by atoms with van der Waals surface area (Å²) in [5, 5.41) is 2.40. The number of hydrogen-bond donors (Lipinski definition) is 2. The number of carbonyl (C=O) groups excluding carboxylic acids is 2. The summed E-state index contributed by atoms with van der Waals surface area (Å²) >= 11 is 0. The molecule has 218 valence electrons. The molecule has 0 spiro atoms. The first kappa shape index (κ1) is 28.7. The molecule has 2 amide bonds. The smallest absolute Gasteiger partial charge is 0.382 e. The highest BCUT2D eigenvalue weighted by atomic mass is 19.4. The zero-order valence-corrected chi connectivity index (χ0v) is 22.6. The second kappa shape index (κ2) is 12.0. The minimum atomic E-state index is -4.56. The van der Waals surface area contributed by atoms with Gasteiger partial charge in [0.2, 0.25) is 5.91 Å². The summed E-state index contributed by atoms with van der Waals surface area (Å²) in [4.78, 5) is 40.6. The largest absolute Gasteiger partial charge is 0.416 e. The number of ether oxygens (including phenoxy) is 1. The van der Waals surface area contributed by atoms with Gasteiger partial charge >= 0.3 is 6.18 Å². The molecule has 4 heterocycles. The molecule has 1 aliphatic rings. The highest BCUT2D eigenvalue weighted by Crippen LogP contribution is 2.36. The van der Waals surface area contributed by atoms with Gasteiger partial charge < -0.3 is 20.7 Å². The Hall–Kier alpha value is -4.78. The molecule has 1 atom stereocenters. The number of imidazole rings is 1. The minimum absolute atomic E-state index is 0.136.